The van der Waals surface area contributed by atoms with E-state index in [9.17, 15) is 28.8 Å². The van der Waals surface area contributed by atoms with E-state index >= 15 is 0 Å². The van der Waals surface area contributed by atoms with E-state index in [1.807, 2.05) is 6.92 Å². The molecule has 0 bridgehead atoms. The molecule has 0 heterocycles. The van der Waals surface area contributed by atoms with E-state index < -0.39 is 60.2 Å². The standard InChI is InChI=1S/C22H29N3O10/c1-2-3-4-14(19(23)29)25-20(30)15(24-16(26)9-10-17(27)28)11-12-5-7-13(8-6-12)35-18(21(31)32)22(33)34/h5-8,14-15,18H,2-4,9-11H2,1H3,(H2,23,29)(H,24,26)(H,25,30)(H,27,28)(H,31,32)(H,33,34). The molecule has 2 unspecified atom stereocenters. The van der Waals surface area contributed by atoms with Crippen LogP contribution in [0, 0.1) is 0 Å². The summed E-state index contributed by atoms with van der Waals surface area (Å²) >= 11 is 0. The number of hydrogen-bond acceptors (Lipinski definition) is 7. The number of carboxylic acid groups (broad SMARTS) is 3. The number of carboxylic acids is 3. The van der Waals surface area contributed by atoms with Crippen molar-refractivity contribution in [3.8, 4) is 5.75 Å². The number of amides is 3. The molecule has 0 aliphatic carbocycles. The second kappa shape index (κ2) is 14.2. The molecule has 0 saturated heterocycles. The van der Waals surface area contributed by atoms with Crippen LogP contribution in [0.4, 0.5) is 0 Å². The first-order valence-electron chi connectivity index (χ1n) is 10.8. The molecule has 0 radical (unpaired) electrons. The van der Waals surface area contributed by atoms with E-state index in [1.54, 1.807) is 0 Å². The van der Waals surface area contributed by atoms with Crippen molar-refractivity contribution in [3.63, 3.8) is 0 Å². The van der Waals surface area contributed by atoms with Crippen molar-refractivity contribution < 1.29 is 48.8 Å². The fourth-order valence-corrected chi connectivity index (χ4v) is 2.94. The largest absolute Gasteiger partial charge is 0.481 e. The van der Waals surface area contributed by atoms with Gasteiger partial charge >= 0.3 is 17.9 Å². The minimum Gasteiger partial charge on any atom is -0.481 e. The van der Waals surface area contributed by atoms with Crippen molar-refractivity contribution in [1.29, 1.82) is 0 Å². The molecule has 1 aromatic carbocycles. The third kappa shape index (κ3) is 10.5. The molecule has 0 aliphatic rings. The molecule has 2 atom stereocenters. The van der Waals surface area contributed by atoms with Crippen molar-refractivity contribution in [3.05, 3.63) is 29.8 Å². The first-order valence-corrected chi connectivity index (χ1v) is 10.8. The minimum absolute atomic E-state index is 0.0524. The molecule has 0 spiro atoms. The van der Waals surface area contributed by atoms with Gasteiger partial charge in [-0.25, -0.2) is 9.59 Å². The average molecular weight is 495 g/mol. The Morgan fingerprint density at radius 2 is 1.51 bits per heavy atom. The Bertz CT molecular complexity index is 918. The molecule has 7 N–H and O–H groups in total. The molecule has 3 amide bonds. The summed E-state index contributed by atoms with van der Waals surface area (Å²) in [7, 11) is 0. The molecule has 192 valence electrons. The highest BCUT2D eigenvalue weighted by molar-refractivity contribution is 5.96. The van der Waals surface area contributed by atoms with Gasteiger partial charge in [-0.05, 0) is 24.1 Å². The van der Waals surface area contributed by atoms with Crippen LogP contribution in [0.3, 0.4) is 0 Å². The zero-order valence-corrected chi connectivity index (χ0v) is 19.1. The second-order valence-electron chi connectivity index (χ2n) is 7.64. The van der Waals surface area contributed by atoms with Crippen LogP contribution in [0.25, 0.3) is 0 Å². The molecule has 0 fully saturated rings. The number of rotatable bonds is 16. The van der Waals surface area contributed by atoms with Gasteiger partial charge in [0.25, 0.3) is 6.10 Å². The summed E-state index contributed by atoms with van der Waals surface area (Å²) in [5.74, 6) is -6.75. The van der Waals surface area contributed by atoms with E-state index in [0.717, 1.165) is 6.42 Å². The number of hydrogen-bond donors (Lipinski definition) is 6. The van der Waals surface area contributed by atoms with Crippen LogP contribution in [0.2, 0.25) is 0 Å². The number of carbonyl (C=O) groups is 6. The van der Waals surface area contributed by atoms with Crippen molar-refractivity contribution in [2.45, 2.75) is 63.6 Å². The predicted molar refractivity (Wildman–Crippen MR) is 119 cm³/mol. The van der Waals surface area contributed by atoms with E-state index in [-0.39, 0.29) is 18.6 Å². The van der Waals surface area contributed by atoms with Crippen LogP contribution >= 0.6 is 0 Å². The van der Waals surface area contributed by atoms with Gasteiger partial charge in [0.05, 0.1) is 6.42 Å². The lowest BCUT2D eigenvalue weighted by Crippen LogP contribution is -2.53. The lowest BCUT2D eigenvalue weighted by Gasteiger charge is -2.22. The number of nitrogens with one attached hydrogen (secondary N) is 2. The molecule has 0 saturated carbocycles. The summed E-state index contributed by atoms with van der Waals surface area (Å²) in [6.07, 6.45) is -1.31. The zero-order chi connectivity index (χ0) is 26.5. The van der Waals surface area contributed by atoms with Gasteiger partial charge in [0.15, 0.2) is 0 Å². The molecule has 1 rings (SSSR count). The highest BCUT2D eigenvalue weighted by Gasteiger charge is 2.28. The number of primary amides is 1. The minimum atomic E-state index is -2.11. The van der Waals surface area contributed by atoms with Gasteiger partial charge in [-0.1, -0.05) is 31.9 Å². The first-order chi connectivity index (χ1) is 16.4. The van der Waals surface area contributed by atoms with Crippen molar-refractivity contribution >= 4 is 35.6 Å². The summed E-state index contributed by atoms with van der Waals surface area (Å²) in [4.78, 5) is 69.4. The van der Waals surface area contributed by atoms with Crippen LogP contribution in [-0.2, 0) is 35.2 Å². The second-order valence-corrected chi connectivity index (χ2v) is 7.64. The fourth-order valence-electron chi connectivity index (χ4n) is 2.94. The van der Waals surface area contributed by atoms with E-state index in [2.05, 4.69) is 10.6 Å². The maximum absolute atomic E-state index is 12.9. The third-order valence-corrected chi connectivity index (χ3v) is 4.79. The monoisotopic (exact) mass is 495 g/mol. The Labute approximate surface area is 200 Å². The van der Waals surface area contributed by atoms with Crippen LogP contribution in [0.1, 0.15) is 44.6 Å². The third-order valence-electron chi connectivity index (χ3n) is 4.79. The lowest BCUT2D eigenvalue weighted by molar-refractivity contribution is -0.159. The Morgan fingerprint density at radius 3 is 2.00 bits per heavy atom. The lowest BCUT2D eigenvalue weighted by atomic mass is 10.0. The van der Waals surface area contributed by atoms with Gasteiger partial charge in [0.1, 0.15) is 17.8 Å². The number of unbranched alkanes of at least 4 members (excludes halogenated alkanes) is 1. The van der Waals surface area contributed by atoms with Gasteiger partial charge in [-0.3, -0.25) is 19.2 Å². The SMILES string of the molecule is CCCCC(NC(=O)C(Cc1ccc(OC(C(=O)O)C(=O)O)cc1)NC(=O)CCC(=O)O)C(N)=O. The molecular weight excluding hydrogens is 466 g/mol. The Hall–Kier alpha value is -4.16. The molecule has 35 heavy (non-hydrogen) atoms. The van der Waals surface area contributed by atoms with Gasteiger partial charge in [-0.2, -0.15) is 0 Å². The topological polar surface area (TPSA) is 222 Å². The molecule has 13 heteroatoms. The maximum Gasteiger partial charge on any atom is 0.356 e. The average Bonchev–Trinajstić information content (AvgIpc) is 2.78. The quantitative estimate of drug-likeness (QED) is 0.164. The van der Waals surface area contributed by atoms with Crippen molar-refractivity contribution in [2.75, 3.05) is 0 Å². The van der Waals surface area contributed by atoms with Crippen LogP contribution in [0.5, 0.6) is 5.75 Å². The zero-order valence-electron chi connectivity index (χ0n) is 19.1. The van der Waals surface area contributed by atoms with Gasteiger partial charge in [-0.15, -0.1) is 0 Å². The van der Waals surface area contributed by atoms with Gasteiger partial charge in [0, 0.05) is 12.8 Å². The Balaban J connectivity index is 3.01. The summed E-state index contributed by atoms with van der Waals surface area (Å²) in [5.41, 5.74) is 5.83. The molecule has 0 aromatic heterocycles. The van der Waals surface area contributed by atoms with Crippen LogP contribution in [0.15, 0.2) is 24.3 Å². The summed E-state index contributed by atoms with van der Waals surface area (Å²) in [5, 5.41) is 31.5. The number of ether oxygens (including phenoxy) is 1. The van der Waals surface area contributed by atoms with Crippen LogP contribution in [-0.4, -0.2) is 69.1 Å². The number of nitrogens with two attached hydrogens (primary N) is 1. The number of carbonyl (C=O) groups excluding carboxylic acids is 3. The molecular formula is C22H29N3O10. The normalized spacial score (nSPS) is 12.3. The number of benzene rings is 1. The molecule has 13 nitrogen and oxygen atoms in total. The smallest absolute Gasteiger partial charge is 0.356 e. The van der Waals surface area contributed by atoms with E-state index in [4.69, 9.17) is 25.8 Å². The summed E-state index contributed by atoms with van der Waals surface area (Å²) < 4.78 is 4.93. The highest BCUT2D eigenvalue weighted by Crippen LogP contribution is 2.16. The molecule has 1 aromatic rings. The fraction of sp³-hybridized carbons (Fsp3) is 0.455. The number of aliphatic carboxylic acids is 3. The summed E-state index contributed by atoms with van der Waals surface area (Å²) in [6, 6.07) is 3.31. The first kappa shape index (κ1) is 28.9. The Kier molecular flexibility index (Phi) is 11.7. The van der Waals surface area contributed by atoms with E-state index in [0.29, 0.717) is 18.4 Å². The predicted octanol–water partition coefficient (Wildman–Crippen LogP) is -0.344. The highest BCUT2D eigenvalue weighted by atomic mass is 16.5. The summed E-state index contributed by atoms with van der Waals surface area (Å²) in [6.45, 7) is 1.90. The van der Waals surface area contributed by atoms with E-state index in [1.165, 1.54) is 24.3 Å². The van der Waals surface area contributed by atoms with Crippen molar-refractivity contribution in [2.24, 2.45) is 5.73 Å². The Morgan fingerprint density at radius 1 is 0.914 bits per heavy atom. The van der Waals surface area contributed by atoms with Crippen molar-refractivity contribution in [1.82, 2.24) is 10.6 Å². The van der Waals surface area contributed by atoms with Gasteiger partial charge < -0.3 is 36.4 Å². The molecule has 0 aliphatic heterocycles. The van der Waals surface area contributed by atoms with Crippen LogP contribution < -0.4 is 21.1 Å². The maximum atomic E-state index is 12.9. The van der Waals surface area contributed by atoms with Gasteiger partial charge in [0.2, 0.25) is 17.7 Å².